The molecule has 0 fully saturated rings. The third-order valence-electron chi connectivity index (χ3n) is 3.07. The second-order valence-electron chi connectivity index (χ2n) is 4.26. The highest BCUT2D eigenvalue weighted by molar-refractivity contribution is 5.99. The fourth-order valence-electron chi connectivity index (χ4n) is 2.19. The Morgan fingerprint density at radius 2 is 1.44 bits per heavy atom. The second kappa shape index (κ2) is 4.46. The molecule has 0 spiro atoms. The number of rotatable bonds is 2. The average molecular weight is 231 g/mol. The van der Waals surface area contributed by atoms with Crippen molar-refractivity contribution in [3.63, 3.8) is 0 Å². The van der Waals surface area contributed by atoms with Crippen LogP contribution in [0.3, 0.4) is 0 Å². The smallest absolute Gasteiger partial charge is 0.225 e. The lowest BCUT2D eigenvalue weighted by Crippen LogP contribution is -1.78. The highest BCUT2D eigenvalue weighted by Gasteiger charge is 1.98. The fraction of sp³-hybridized carbons (Fsp3) is 0. The van der Waals surface area contributed by atoms with E-state index >= 15 is 0 Å². The number of allylic oxidation sites excluding steroid dienone is 1. The van der Waals surface area contributed by atoms with E-state index in [1.807, 2.05) is 18.2 Å². The third-order valence-corrected chi connectivity index (χ3v) is 3.07. The minimum Gasteiger partial charge on any atom is -0.286 e. The SMILES string of the molecule is O=[C]C=Cc1ccc2cc3ccccc3cc2c1. The molecular formula is C17H11O. The number of hydrogen-bond acceptors (Lipinski definition) is 1. The van der Waals surface area contributed by atoms with E-state index in [4.69, 9.17) is 0 Å². The summed E-state index contributed by atoms with van der Waals surface area (Å²) in [5.74, 6) is 0. The van der Waals surface area contributed by atoms with Crippen LogP contribution in [0.1, 0.15) is 5.56 Å². The van der Waals surface area contributed by atoms with Crippen molar-refractivity contribution >= 4 is 33.9 Å². The van der Waals surface area contributed by atoms with Crippen molar-refractivity contribution < 1.29 is 4.79 Å². The van der Waals surface area contributed by atoms with E-state index in [0.29, 0.717) is 0 Å². The van der Waals surface area contributed by atoms with Crippen LogP contribution in [0.25, 0.3) is 27.6 Å². The van der Waals surface area contributed by atoms with Crippen LogP contribution in [-0.2, 0) is 4.79 Å². The minimum atomic E-state index is 1.01. The van der Waals surface area contributed by atoms with Crippen LogP contribution >= 0.6 is 0 Å². The number of hydrogen-bond donors (Lipinski definition) is 0. The Morgan fingerprint density at radius 3 is 2.17 bits per heavy atom. The van der Waals surface area contributed by atoms with Gasteiger partial charge >= 0.3 is 0 Å². The molecule has 0 saturated carbocycles. The molecule has 0 unspecified atom stereocenters. The lowest BCUT2D eigenvalue weighted by Gasteiger charge is -2.03. The summed E-state index contributed by atoms with van der Waals surface area (Å²) in [6.45, 7) is 0. The molecule has 0 aromatic heterocycles. The molecule has 0 N–H and O–H groups in total. The summed E-state index contributed by atoms with van der Waals surface area (Å²) >= 11 is 0. The maximum absolute atomic E-state index is 10.2. The quantitative estimate of drug-likeness (QED) is 0.479. The van der Waals surface area contributed by atoms with Crippen LogP contribution in [0.4, 0.5) is 0 Å². The molecule has 0 aliphatic carbocycles. The molecule has 3 aromatic carbocycles. The van der Waals surface area contributed by atoms with Crippen LogP contribution in [-0.4, -0.2) is 6.29 Å². The van der Waals surface area contributed by atoms with Crippen LogP contribution in [0.15, 0.2) is 60.7 Å². The lowest BCUT2D eigenvalue weighted by atomic mass is 10.0. The molecule has 1 nitrogen and oxygen atoms in total. The van der Waals surface area contributed by atoms with E-state index in [1.165, 1.54) is 27.6 Å². The van der Waals surface area contributed by atoms with E-state index in [-0.39, 0.29) is 0 Å². The second-order valence-corrected chi connectivity index (χ2v) is 4.26. The Balaban J connectivity index is 2.23. The van der Waals surface area contributed by atoms with Gasteiger partial charge in [-0.2, -0.15) is 0 Å². The number of fused-ring (bicyclic) bond motifs is 2. The maximum Gasteiger partial charge on any atom is 0.225 e. The molecule has 18 heavy (non-hydrogen) atoms. The molecule has 1 heteroatoms. The Labute approximate surface area is 105 Å². The largest absolute Gasteiger partial charge is 0.286 e. The van der Waals surface area contributed by atoms with Crippen LogP contribution in [0.5, 0.6) is 0 Å². The van der Waals surface area contributed by atoms with Gasteiger partial charge in [-0.25, -0.2) is 0 Å². The minimum absolute atomic E-state index is 1.01. The molecule has 0 heterocycles. The number of carbonyl (C=O) groups excluding carboxylic acids is 1. The zero-order valence-corrected chi connectivity index (χ0v) is 9.76. The van der Waals surface area contributed by atoms with Crippen LogP contribution in [0, 0.1) is 0 Å². The summed E-state index contributed by atoms with van der Waals surface area (Å²) < 4.78 is 0. The molecule has 0 atom stereocenters. The first-order valence-electron chi connectivity index (χ1n) is 5.83. The van der Waals surface area contributed by atoms with E-state index in [1.54, 1.807) is 12.4 Å². The zero-order valence-electron chi connectivity index (χ0n) is 9.76. The van der Waals surface area contributed by atoms with Crippen LogP contribution < -0.4 is 0 Å². The average Bonchev–Trinajstić information content (AvgIpc) is 2.42. The van der Waals surface area contributed by atoms with Crippen molar-refractivity contribution in [2.24, 2.45) is 0 Å². The summed E-state index contributed by atoms with van der Waals surface area (Å²) in [5, 5.41) is 4.87. The van der Waals surface area contributed by atoms with Crippen molar-refractivity contribution in [1.29, 1.82) is 0 Å². The van der Waals surface area contributed by atoms with Gasteiger partial charge in [0, 0.05) is 0 Å². The van der Waals surface area contributed by atoms with Gasteiger partial charge < -0.3 is 0 Å². The summed E-state index contributed by atoms with van der Waals surface area (Å²) in [7, 11) is 0. The Bertz CT molecular complexity index is 754. The van der Waals surface area contributed by atoms with Crippen molar-refractivity contribution in [3.8, 4) is 0 Å². The standard InChI is InChI=1S/C17H11O/c18-9-3-4-13-7-8-16-11-14-5-1-2-6-15(14)12-17(16)10-13/h1-8,10-12H. The first kappa shape index (κ1) is 10.7. The van der Waals surface area contributed by atoms with Gasteiger partial charge in [0.1, 0.15) is 0 Å². The topological polar surface area (TPSA) is 17.1 Å². The van der Waals surface area contributed by atoms with Crippen molar-refractivity contribution in [2.45, 2.75) is 0 Å². The van der Waals surface area contributed by atoms with Crippen molar-refractivity contribution in [2.75, 3.05) is 0 Å². The van der Waals surface area contributed by atoms with Gasteiger partial charge in [-0.3, -0.25) is 4.79 Å². The van der Waals surface area contributed by atoms with Gasteiger partial charge in [0.15, 0.2) is 0 Å². The van der Waals surface area contributed by atoms with E-state index in [9.17, 15) is 4.79 Å². The summed E-state index contributed by atoms with van der Waals surface area (Å²) in [6.07, 6.45) is 4.92. The molecule has 0 amide bonds. The molecule has 0 aliphatic rings. The third kappa shape index (κ3) is 1.91. The number of benzene rings is 3. The van der Waals surface area contributed by atoms with Gasteiger partial charge in [0.2, 0.25) is 6.29 Å². The van der Waals surface area contributed by atoms with Crippen LogP contribution in [0.2, 0.25) is 0 Å². The van der Waals surface area contributed by atoms with E-state index in [2.05, 4.69) is 36.4 Å². The fourth-order valence-corrected chi connectivity index (χ4v) is 2.19. The summed E-state index contributed by atoms with van der Waals surface area (Å²) in [5.41, 5.74) is 1.01. The van der Waals surface area contributed by atoms with Crippen molar-refractivity contribution in [3.05, 3.63) is 66.2 Å². The highest BCUT2D eigenvalue weighted by atomic mass is 16.1. The van der Waals surface area contributed by atoms with Gasteiger partial charge in [-0.15, -0.1) is 0 Å². The van der Waals surface area contributed by atoms with E-state index in [0.717, 1.165) is 5.56 Å². The highest BCUT2D eigenvalue weighted by Crippen LogP contribution is 2.24. The zero-order chi connectivity index (χ0) is 12.4. The van der Waals surface area contributed by atoms with E-state index < -0.39 is 0 Å². The Kier molecular flexibility index (Phi) is 2.66. The molecule has 85 valence electrons. The molecule has 3 rings (SSSR count). The molecule has 1 radical (unpaired) electrons. The molecule has 0 aliphatic heterocycles. The molecular weight excluding hydrogens is 220 g/mol. The maximum atomic E-state index is 10.2. The normalized spacial score (nSPS) is 11.3. The lowest BCUT2D eigenvalue weighted by molar-refractivity contribution is 0.564. The predicted molar refractivity (Wildman–Crippen MR) is 76.2 cm³/mol. The van der Waals surface area contributed by atoms with Gasteiger partial charge in [0.05, 0.1) is 0 Å². The van der Waals surface area contributed by atoms with Crippen molar-refractivity contribution in [1.82, 2.24) is 0 Å². The first-order chi connectivity index (χ1) is 8.86. The summed E-state index contributed by atoms with van der Waals surface area (Å²) in [4.78, 5) is 10.2. The Hall–Kier alpha value is -2.41. The Morgan fingerprint density at radius 1 is 0.778 bits per heavy atom. The molecule has 3 aromatic rings. The monoisotopic (exact) mass is 231 g/mol. The summed E-state index contributed by atoms with van der Waals surface area (Å²) in [6, 6.07) is 18.8. The molecule has 0 bridgehead atoms. The first-order valence-corrected chi connectivity index (χ1v) is 5.83. The molecule has 0 saturated heterocycles. The predicted octanol–water partition coefficient (Wildman–Crippen LogP) is 4.12. The van der Waals surface area contributed by atoms with Gasteiger partial charge in [-0.05, 0) is 51.4 Å². The van der Waals surface area contributed by atoms with Gasteiger partial charge in [0.25, 0.3) is 0 Å². The van der Waals surface area contributed by atoms with Gasteiger partial charge in [-0.1, -0.05) is 42.5 Å².